The number of amides is 1. The van der Waals surface area contributed by atoms with Gasteiger partial charge in [-0.1, -0.05) is 24.3 Å². The molecule has 6 heteroatoms. The van der Waals surface area contributed by atoms with Gasteiger partial charge in [0.2, 0.25) is 0 Å². The highest BCUT2D eigenvalue weighted by Crippen LogP contribution is 2.32. The molecule has 2 atom stereocenters. The molecule has 3 aromatic rings. The Balaban J connectivity index is 1.51. The zero-order valence-corrected chi connectivity index (χ0v) is 14.1. The number of fused-ring (bicyclic) bond motifs is 4. The van der Waals surface area contributed by atoms with Gasteiger partial charge in [-0.15, -0.1) is 10.2 Å². The summed E-state index contributed by atoms with van der Waals surface area (Å²) in [6, 6.07) is 12.1. The summed E-state index contributed by atoms with van der Waals surface area (Å²) >= 11 is 0. The molecule has 25 heavy (non-hydrogen) atoms. The second kappa shape index (κ2) is 5.37. The van der Waals surface area contributed by atoms with Gasteiger partial charge in [0.15, 0.2) is 0 Å². The van der Waals surface area contributed by atoms with E-state index in [1.165, 1.54) is 0 Å². The Kier molecular flexibility index (Phi) is 3.13. The summed E-state index contributed by atoms with van der Waals surface area (Å²) in [6.45, 7) is 2.76. The summed E-state index contributed by atoms with van der Waals surface area (Å²) in [4.78, 5) is 19.9. The maximum atomic E-state index is 13.2. The fourth-order valence-electron chi connectivity index (χ4n) is 4.22. The summed E-state index contributed by atoms with van der Waals surface area (Å²) in [7, 11) is 0. The number of para-hydroxylation sites is 1. The third-order valence-electron chi connectivity index (χ3n) is 5.50. The average molecular weight is 333 g/mol. The molecule has 0 N–H and O–H groups in total. The Labute approximate surface area is 145 Å². The number of rotatable bonds is 1. The highest BCUT2D eigenvalue weighted by molar-refractivity contribution is 5.95. The first-order chi connectivity index (χ1) is 12.2. The Morgan fingerprint density at radius 2 is 1.92 bits per heavy atom. The maximum Gasteiger partial charge on any atom is 0.273 e. The molecule has 126 valence electrons. The van der Waals surface area contributed by atoms with Crippen molar-refractivity contribution >= 4 is 16.8 Å². The Bertz CT molecular complexity index is 979. The third-order valence-corrected chi connectivity index (χ3v) is 5.50. The lowest BCUT2D eigenvalue weighted by atomic mass is 10.1. The molecule has 6 nitrogen and oxygen atoms in total. The molecule has 0 radical (unpaired) electrons. The summed E-state index contributed by atoms with van der Waals surface area (Å²) in [5, 5.41) is 9.55. The minimum absolute atomic E-state index is 0.0367. The number of benzene rings is 1. The monoisotopic (exact) mass is 333 g/mol. The summed E-state index contributed by atoms with van der Waals surface area (Å²) in [5.74, 6) is 1.96. The molecule has 1 fully saturated rings. The minimum atomic E-state index is 0.0367. The second-order valence-corrected chi connectivity index (χ2v) is 6.96. The van der Waals surface area contributed by atoms with Crippen molar-refractivity contribution in [1.82, 2.24) is 24.6 Å². The molecule has 2 unspecified atom stereocenters. The number of aromatic nitrogens is 4. The minimum Gasteiger partial charge on any atom is -0.329 e. The van der Waals surface area contributed by atoms with E-state index in [4.69, 9.17) is 0 Å². The van der Waals surface area contributed by atoms with E-state index >= 15 is 0 Å². The number of carbonyl (C=O) groups excluding carboxylic acids is 1. The number of pyridine rings is 1. The average Bonchev–Trinajstić information content (AvgIpc) is 3.12. The smallest absolute Gasteiger partial charge is 0.273 e. The summed E-state index contributed by atoms with van der Waals surface area (Å²) in [5.41, 5.74) is 1.40. The first-order valence-electron chi connectivity index (χ1n) is 8.78. The van der Waals surface area contributed by atoms with Crippen LogP contribution in [-0.4, -0.2) is 42.6 Å². The van der Waals surface area contributed by atoms with Crippen molar-refractivity contribution in [1.29, 1.82) is 0 Å². The van der Waals surface area contributed by atoms with Crippen molar-refractivity contribution in [2.24, 2.45) is 0 Å². The van der Waals surface area contributed by atoms with Gasteiger partial charge in [0.1, 0.15) is 17.3 Å². The van der Waals surface area contributed by atoms with Crippen LogP contribution in [-0.2, 0) is 13.0 Å². The van der Waals surface area contributed by atoms with Gasteiger partial charge in [0.05, 0.1) is 11.6 Å². The lowest BCUT2D eigenvalue weighted by molar-refractivity contribution is 0.0659. The van der Waals surface area contributed by atoms with Gasteiger partial charge >= 0.3 is 0 Å². The maximum absolute atomic E-state index is 13.2. The molecule has 0 spiro atoms. The molecule has 1 aromatic carbocycles. The van der Waals surface area contributed by atoms with Crippen LogP contribution in [0.1, 0.15) is 35.0 Å². The quantitative estimate of drug-likeness (QED) is 0.686. The molecular weight excluding hydrogens is 314 g/mol. The fourth-order valence-corrected chi connectivity index (χ4v) is 4.22. The lowest BCUT2D eigenvalue weighted by Gasteiger charge is -2.27. The Morgan fingerprint density at radius 1 is 1.08 bits per heavy atom. The first-order valence-corrected chi connectivity index (χ1v) is 8.78. The van der Waals surface area contributed by atoms with Crippen molar-refractivity contribution in [3.63, 3.8) is 0 Å². The second-order valence-electron chi connectivity index (χ2n) is 6.96. The van der Waals surface area contributed by atoms with Gasteiger partial charge in [0, 0.05) is 24.4 Å². The molecule has 2 bridgehead atoms. The largest absolute Gasteiger partial charge is 0.329 e. The molecule has 1 amide bonds. The predicted molar refractivity (Wildman–Crippen MR) is 93.2 cm³/mol. The van der Waals surface area contributed by atoms with E-state index in [1.807, 2.05) is 48.2 Å². The highest BCUT2D eigenvalue weighted by Gasteiger charge is 2.41. The van der Waals surface area contributed by atoms with Crippen LogP contribution >= 0.6 is 0 Å². The zero-order valence-electron chi connectivity index (χ0n) is 14.1. The molecular formula is C19H19N5O. The fraction of sp³-hybridized carbons (Fsp3) is 0.368. The van der Waals surface area contributed by atoms with Gasteiger partial charge in [-0.05, 0) is 31.9 Å². The Morgan fingerprint density at radius 3 is 2.84 bits per heavy atom. The van der Waals surface area contributed by atoms with Crippen molar-refractivity contribution in [2.45, 2.75) is 44.8 Å². The van der Waals surface area contributed by atoms with Crippen molar-refractivity contribution in [3.8, 4) is 0 Å². The van der Waals surface area contributed by atoms with Crippen molar-refractivity contribution in [2.75, 3.05) is 0 Å². The predicted octanol–water partition coefficient (Wildman–Crippen LogP) is 2.36. The van der Waals surface area contributed by atoms with E-state index in [0.717, 1.165) is 48.4 Å². The van der Waals surface area contributed by atoms with Crippen LogP contribution in [0.25, 0.3) is 10.9 Å². The van der Waals surface area contributed by atoms with Crippen LogP contribution < -0.4 is 0 Å². The van der Waals surface area contributed by atoms with Gasteiger partial charge in [-0.25, -0.2) is 4.98 Å². The number of hydrogen-bond donors (Lipinski definition) is 0. The van der Waals surface area contributed by atoms with Crippen LogP contribution in [0.3, 0.4) is 0 Å². The van der Waals surface area contributed by atoms with Gasteiger partial charge in [0.25, 0.3) is 5.91 Å². The molecule has 2 aliphatic rings. The SMILES string of the molecule is Cc1nnc2n1CC1CCC(C2)N1C(=O)c1ccc2ccccc2n1. The highest BCUT2D eigenvalue weighted by atomic mass is 16.2. The van der Waals surface area contributed by atoms with Gasteiger partial charge in [-0.3, -0.25) is 4.79 Å². The molecule has 1 saturated heterocycles. The number of carbonyl (C=O) groups is 1. The Hall–Kier alpha value is -2.76. The molecule has 0 saturated carbocycles. The molecule has 2 aliphatic heterocycles. The summed E-state index contributed by atoms with van der Waals surface area (Å²) < 4.78 is 2.16. The van der Waals surface area contributed by atoms with Crippen molar-refractivity contribution < 1.29 is 4.79 Å². The number of nitrogens with zero attached hydrogens (tertiary/aromatic N) is 5. The van der Waals surface area contributed by atoms with E-state index in [1.54, 1.807) is 0 Å². The number of aryl methyl sites for hydroxylation is 1. The molecule has 2 aromatic heterocycles. The normalized spacial score (nSPS) is 22.0. The van der Waals surface area contributed by atoms with Crippen LogP contribution in [0.2, 0.25) is 0 Å². The topological polar surface area (TPSA) is 63.9 Å². The van der Waals surface area contributed by atoms with E-state index in [9.17, 15) is 4.79 Å². The van der Waals surface area contributed by atoms with Crippen LogP contribution in [0.4, 0.5) is 0 Å². The van der Waals surface area contributed by atoms with Crippen LogP contribution in [0, 0.1) is 6.92 Å². The molecule has 4 heterocycles. The summed E-state index contributed by atoms with van der Waals surface area (Å²) in [6.07, 6.45) is 2.83. The van der Waals surface area contributed by atoms with E-state index < -0.39 is 0 Å². The standard InChI is InChI=1S/C19H19N5O/c1-12-21-22-18-10-14-7-8-15(11-23(12)18)24(14)19(25)17-9-6-13-4-2-3-5-16(13)20-17/h2-6,9,14-15H,7-8,10-11H2,1H3. The zero-order chi connectivity index (χ0) is 17.0. The number of hydrogen-bond acceptors (Lipinski definition) is 4. The van der Waals surface area contributed by atoms with Crippen LogP contribution in [0.5, 0.6) is 0 Å². The lowest BCUT2D eigenvalue weighted by Crippen LogP contribution is -2.42. The van der Waals surface area contributed by atoms with E-state index in [0.29, 0.717) is 5.69 Å². The van der Waals surface area contributed by atoms with Gasteiger partial charge < -0.3 is 9.47 Å². The molecule has 0 aliphatic carbocycles. The van der Waals surface area contributed by atoms with E-state index in [2.05, 4.69) is 19.7 Å². The first kappa shape index (κ1) is 14.6. The van der Waals surface area contributed by atoms with Gasteiger partial charge in [-0.2, -0.15) is 0 Å². The third kappa shape index (κ3) is 2.24. The molecule has 5 rings (SSSR count). The van der Waals surface area contributed by atoms with Crippen LogP contribution in [0.15, 0.2) is 36.4 Å². The van der Waals surface area contributed by atoms with Crippen molar-refractivity contribution in [3.05, 3.63) is 53.7 Å². The van der Waals surface area contributed by atoms with E-state index in [-0.39, 0.29) is 18.0 Å².